The van der Waals surface area contributed by atoms with Gasteiger partial charge < -0.3 is 9.64 Å². The first kappa shape index (κ1) is 20.5. The fourth-order valence-corrected chi connectivity index (χ4v) is 4.29. The van der Waals surface area contributed by atoms with E-state index in [0.717, 1.165) is 22.0 Å². The van der Waals surface area contributed by atoms with Crippen LogP contribution in [0.2, 0.25) is 0 Å². The lowest BCUT2D eigenvalue weighted by molar-refractivity contribution is 0.0734. The molecule has 0 radical (unpaired) electrons. The summed E-state index contributed by atoms with van der Waals surface area (Å²) in [5.41, 5.74) is 1.57. The Balaban J connectivity index is 1.43. The standard InChI is InChI=1S/C24H25FN2O2S/c1-17-26-22(23(30-17)19-6-3-2-4-7-19)24(28)27(16-18-8-9-18)14-5-15-29-21-12-10-20(25)11-13-21/h2-4,6-7,10-13,18H,5,8-9,14-16H2,1H3. The Kier molecular flexibility index (Phi) is 6.43. The molecule has 4 rings (SSSR count). The molecule has 2 aromatic carbocycles. The van der Waals surface area contributed by atoms with Crippen molar-refractivity contribution in [2.24, 2.45) is 5.92 Å². The molecule has 1 aromatic heterocycles. The third-order valence-corrected chi connectivity index (χ3v) is 6.11. The first-order valence-electron chi connectivity index (χ1n) is 10.3. The predicted octanol–water partition coefficient (Wildman–Crippen LogP) is 5.58. The third-order valence-electron chi connectivity index (χ3n) is 5.09. The van der Waals surface area contributed by atoms with E-state index in [1.165, 1.54) is 25.0 Å². The van der Waals surface area contributed by atoms with Crippen molar-refractivity contribution in [1.82, 2.24) is 9.88 Å². The number of ether oxygens (including phenoxy) is 1. The number of nitrogens with zero attached hydrogens (tertiary/aromatic N) is 2. The van der Waals surface area contributed by atoms with Crippen LogP contribution in [0.3, 0.4) is 0 Å². The minimum absolute atomic E-state index is 0.00751. The van der Waals surface area contributed by atoms with Crippen LogP contribution in [0, 0.1) is 18.7 Å². The zero-order valence-electron chi connectivity index (χ0n) is 17.0. The normalized spacial score (nSPS) is 13.3. The average molecular weight is 425 g/mol. The number of thiazole rings is 1. The van der Waals surface area contributed by atoms with Crippen molar-refractivity contribution in [3.05, 3.63) is 71.1 Å². The van der Waals surface area contributed by atoms with Crippen molar-refractivity contribution in [3.8, 4) is 16.2 Å². The van der Waals surface area contributed by atoms with Crippen LogP contribution in [0.25, 0.3) is 10.4 Å². The molecule has 1 fully saturated rings. The molecule has 4 nitrogen and oxygen atoms in total. The van der Waals surface area contributed by atoms with Gasteiger partial charge in [-0.25, -0.2) is 9.37 Å². The van der Waals surface area contributed by atoms with Gasteiger partial charge in [-0.15, -0.1) is 11.3 Å². The van der Waals surface area contributed by atoms with Crippen molar-refractivity contribution in [2.45, 2.75) is 26.2 Å². The molecule has 0 N–H and O–H groups in total. The summed E-state index contributed by atoms with van der Waals surface area (Å²) in [5.74, 6) is 0.938. The smallest absolute Gasteiger partial charge is 0.274 e. The molecule has 1 aliphatic rings. The largest absolute Gasteiger partial charge is 0.494 e. The van der Waals surface area contributed by atoms with Gasteiger partial charge in [-0.05, 0) is 61.9 Å². The maximum Gasteiger partial charge on any atom is 0.274 e. The Hall–Kier alpha value is -2.73. The number of rotatable bonds is 9. The van der Waals surface area contributed by atoms with Crippen LogP contribution < -0.4 is 4.74 Å². The van der Waals surface area contributed by atoms with Gasteiger partial charge in [0, 0.05) is 13.1 Å². The van der Waals surface area contributed by atoms with Gasteiger partial charge in [0.15, 0.2) is 0 Å². The monoisotopic (exact) mass is 424 g/mol. The van der Waals surface area contributed by atoms with Gasteiger partial charge in [0.1, 0.15) is 17.3 Å². The van der Waals surface area contributed by atoms with E-state index in [4.69, 9.17) is 4.74 Å². The second-order valence-electron chi connectivity index (χ2n) is 7.63. The minimum atomic E-state index is -0.281. The molecule has 0 aliphatic heterocycles. The van der Waals surface area contributed by atoms with Gasteiger partial charge >= 0.3 is 0 Å². The predicted molar refractivity (Wildman–Crippen MR) is 117 cm³/mol. The molecular weight excluding hydrogens is 399 g/mol. The van der Waals surface area contributed by atoms with Crippen molar-refractivity contribution >= 4 is 17.2 Å². The van der Waals surface area contributed by atoms with Crippen molar-refractivity contribution in [1.29, 1.82) is 0 Å². The number of aryl methyl sites for hydroxylation is 1. The first-order valence-corrected chi connectivity index (χ1v) is 11.1. The van der Waals surface area contributed by atoms with Crippen LogP contribution in [0.1, 0.15) is 34.8 Å². The summed E-state index contributed by atoms with van der Waals surface area (Å²) in [7, 11) is 0. The maximum atomic E-state index is 13.4. The molecule has 1 amide bonds. The highest BCUT2D eigenvalue weighted by atomic mass is 32.1. The Morgan fingerprint density at radius 2 is 1.90 bits per heavy atom. The molecule has 156 valence electrons. The molecular formula is C24H25FN2O2S. The first-order chi connectivity index (χ1) is 14.6. The Bertz CT molecular complexity index is 984. The second kappa shape index (κ2) is 9.39. The van der Waals surface area contributed by atoms with Crippen molar-refractivity contribution in [3.63, 3.8) is 0 Å². The van der Waals surface area contributed by atoms with Crippen molar-refractivity contribution in [2.75, 3.05) is 19.7 Å². The number of carbonyl (C=O) groups excluding carboxylic acids is 1. The van der Waals surface area contributed by atoms with Gasteiger partial charge in [-0.1, -0.05) is 30.3 Å². The molecule has 1 aliphatic carbocycles. The van der Waals surface area contributed by atoms with Crippen LogP contribution in [0.5, 0.6) is 5.75 Å². The van der Waals surface area contributed by atoms with E-state index in [0.29, 0.717) is 36.9 Å². The highest BCUT2D eigenvalue weighted by Gasteiger charge is 2.29. The number of hydrogen-bond acceptors (Lipinski definition) is 4. The number of benzene rings is 2. The summed E-state index contributed by atoms with van der Waals surface area (Å²) in [4.78, 5) is 20.8. The second-order valence-corrected chi connectivity index (χ2v) is 8.83. The molecule has 0 saturated heterocycles. The van der Waals surface area contributed by atoms with Gasteiger partial charge in [0.2, 0.25) is 0 Å². The molecule has 0 unspecified atom stereocenters. The fourth-order valence-electron chi connectivity index (χ4n) is 3.37. The van der Waals surface area contributed by atoms with Crippen LogP contribution in [-0.2, 0) is 0 Å². The number of carbonyl (C=O) groups is 1. The Labute approximate surface area is 180 Å². The van der Waals surface area contributed by atoms with E-state index < -0.39 is 0 Å². The third kappa shape index (κ3) is 5.25. The molecule has 0 spiro atoms. The van der Waals surface area contributed by atoms with Gasteiger partial charge in [-0.3, -0.25) is 4.79 Å². The molecule has 1 saturated carbocycles. The van der Waals surface area contributed by atoms with E-state index in [1.807, 2.05) is 42.2 Å². The van der Waals surface area contributed by atoms with Crippen molar-refractivity contribution < 1.29 is 13.9 Å². The van der Waals surface area contributed by atoms with Gasteiger partial charge in [0.25, 0.3) is 5.91 Å². The summed E-state index contributed by atoms with van der Waals surface area (Å²) in [6.07, 6.45) is 3.06. The summed E-state index contributed by atoms with van der Waals surface area (Å²) in [6, 6.07) is 16.0. The highest BCUT2D eigenvalue weighted by Crippen LogP contribution is 2.33. The lowest BCUT2D eigenvalue weighted by atomic mass is 10.1. The van der Waals surface area contributed by atoms with Crippen LogP contribution >= 0.6 is 11.3 Å². The topological polar surface area (TPSA) is 42.4 Å². The van der Waals surface area contributed by atoms with Crippen LogP contribution in [0.4, 0.5) is 4.39 Å². The Morgan fingerprint density at radius 1 is 1.17 bits per heavy atom. The molecule has 0 atom stereocenters. The van der Waals surface area contributed by atoms with E-state index in [1.54, 1.807) is 23.5 Å². The van der Waals surface area contributed by atoms with Gasteiger partial charge in [-0.2, -0.15) is 0 Å². The zero-order chi connectivity index (χ0) is 20.9. The number of amides is 1. The number of hydrogen-bond donors (Lipinski definition) is 0. The fraction of sp³-hybridized carbons (Fsp3) is 0.333. The molecule has 0 bridgehead atoms. The quantitative estimate of drug-likeness (QED) is 0.421. The minimum Gasteiger partial charge on any atom is -0.494 e. The lowest BCUT2D eigenvalue weighted by Gasteiger charge is -2.22. The number of halogens is 1. The molecule has 1 heterocycles. The Morgan fingerprint density at radius 3 is 2.60 bits per heavy atom. The van der Waals surface area contributed by atoms with Crippen LogP contribution in [-0.4, -0.2) is 35.5 Å². The zero-order valence-corrected chi connectivity index (χ0v) is 17.8. The average Bonchev–Trinajstić information content (AvgIpc) is 3.50. The van der Waals surface area contributed by atoms with E-state index >= 15 is 0 Å². The summed E-state index contributed by atoms with van der Waals surface area (Å²) in [5, 5.41) is 0.892. The van der Waals surface area contributed by atoms with E-state index in [9.17, 15) is 9.18 Å². The summed E-state index contributed by atoms with van der Waals surface area (Å²) >= 11 is 1.56. The van der Waals surface area contributed by atoms with E-state index in [-0.39, 0.29) is 11.7 Å². The highest BCUT2D eigenvalue weighted by molar-refractivity contribution is 7.15. The maximum absolute atomic E-state index is 13.4. The SMILES string of the molecule is Cc1nc(C(=O)N(CCCOc2ccc(F)cc2)CC2CC2)c(-c2ccccc2)s1. The summed E-state index contributed by atoms with van der Waals surface area (Å²) < 4.78 is 18.7. The number of aromatic nitrogens is 1. The molecule has 3 aromatic rings. The lowest BCUT2D eigenvalue weighted by Crippen LogP contribution is -2.35. The molecule has 6 heteroatoms. The van der Waals surface area contributed by atoms with E-state index in [2.05, 4.69) is 4.98 Å². The molecule has 30 heavy (non-hydrogen) atoms. The van der Waals surface area contributed by atoms with Gasteiger partial charge in [0.05, 0.1) is 16.5 Å². The summed E-state index contributed by atoms with van der Waals surface area (Å²) in [6.45, 7) is 3.79. The van der Waals surface area contributed by atoms with Crippen LogP contribution in [0.15, 0.2) is 54.6 Å².